The number of nitrogens with zero attached hydrogens (tertiary/aromatic N) is 2. The molecule has 0 saturated carbocycles. The lowest BCUT2D eigenvalue weighted by Gasteiger charge is -2.27. The maximum atomic E-state index is 11.3. The van der Waals surface area contributed by atoms with E-state index in [0.29, 0.717) is 6.54 Å². The Labute approximate surface area is 112 Å². The number of aromatic nitrogens is 1. The first-order valence-electron chi connectivity index (χ1n) is 6.33. The van der Waals surface area contributed by atoms with Gasteiger partial charge in [-0.25, -0.2) is 4.98 Å². The summed E-state index contributed by atoms with van der Waals surface area (Å²) < 4.78 is 10.0. The average molecular weight is 265 g/mol. The van der Waals surface area contributed by atoms with E-state index in [4.69, 9.17) is 9.47 Å². The first-order chi connectivity index (χ1) is 9.29. The van der Waals surface area contributed by atoms with Gasteiger partial charge in [0.25, 0.3) is 0 Å². The third-order valence-corrected chi connectivity index (χ3v) is 2.91. The summed E-state index contributed by atoms with van der Waals surface area (Å²) in [4.78, 5) is 17.9. The van der Waals surface area contributed by atoms with E-state index in [9.17, 15) is 4.79 Å². The molecule has 1 amide bonds. The Balaban J connectivity index is 1.85. The first kappa shape index (κ1) is 13.8. The Hall–Kier alpha value is -1.66. The van der Waals surface area contributed by atoms with Gasteiger partial charge in [0.2, 0.25) is 5.91 Å². The molecular formula is C13H19N3O3. The zero-order valence-corrected chi connectivity index (χ0v) is 11.1. The van der Waals surface area contributed by atoms with Crippen molar-refractivity contribution < 1.29 is 14.3 Å². The van der Waals surface area contributed by atoms with E-state index in [1.165, 1.54) is 7.11 Å². The van der Waals surface area contributed by atoms with E-state index in [-0.39, 0.29) is 12.5 Å². The summed E-state index contributed by atoms with van der Waals surface area (Å²) in [5.74, 6) is 0.829. The topological polar surface area (TPSA) is 63.7 Å². The fraction of sp³-hybridized carbons (Fsp3) is 0.538. The fourth-order valence-electron chi connectivity index (χ4n) is 1.88. The van der Waals surface area contributed by atoms with E-state index < -0.39 is 0 Å². The van der Waals surface area contributed by atoms with Crippen LogP contribution < -0.4 is 10.2 Å². The molecule has 2 rings (SSSR count). The van der Waals surface area contributed by atoms with Crippen molar-refractivity contribution in [3.63, 3.8) is 0 Å². The van der Waals surface area contributed by atoms with E-state index >= 15 is 0 Å². The van der Waals surface area contributed by atoms with Crippen LogP contribution in [-0.4, -0.2) is 50.9 Å². The molecule has 1 saturated heterocycles. The molecular weight excluding hydrogens is 246 g/mol. The van der Waals surface area contributed by atoms with E-state index in [0.717, 1.165) is 37.7 Å². The zero-order chi connectivity index (χ0) is 13.5. The maximum Gasteiger partial charge on any atom is 0.246 e. The van der Waals surface area contributed by atoms with Crippen LogP contribution in [0.5, 0.6) is 0 Å². The Morgan fingerprint density at radius 3 is 2.89 bits per heavy atom. The standard InChI is InChI=1S/C13H19N3O3/c1-18-10-13(17)15-9-11-2-3-12(14-8-11)16-4-6-19-7-5-16/h2-3,8H,4-7,9-10H2,1H3,(H,15,17). The van der Waals surface area contributed by atoms with Crippen molar-refractivity contribution in [2.24, 2.45) is 0 Å². The molecule has 6 heteroatoms. The van der Waals surface area contributed by atoms with Gasteiger partial charge in [-0.05, 0) is 11.6 Å². The van der Waals surface area contributed by atoms with E-state index in [1.54, 1.807) is 6.20 Å². The molecule has 6 nitrogen and oxygen atoms in total. The maximum absolute atomic E-state index is 11.3. The number of anilines is 1. The van der Waals surface area contributed by atoms with Gasteiger partial charge < -0.3 is 19.7 Å². The molecule has 1 aliphatic rings. The van der Waals surface area contributed by atoms with Gasteiger partial charge in [-0.3, -0.25) is 4.79 Å². The van der Waals surface area contributed by atoms with Crippen molar-refractivity contribution in [2.75, 3.05) is 44.9 Å². The van der Waals surface area contributed by atoms with Crippen LogP contribution >= 0.6 is 0 Å². The van der Waals surface area contributed by atoms with Gasteiger partial charge in [-0.2, -0.15) is 0 Å². The van der Waals surface area contributed by atoms with Crippen LogP contribution in [0.4, 0.5) is 5.82 Å². The number of methoxy groups -OCH3 is 1. The number of carbonyl (C=O) groups excluding carboxylic acids is 1. The predicted octanol–water partition coefficient (Wildman–Crippen LogP) is 0.181. The smallest absolute Gasteiger partial charge is 0.246 e. The molecule has 0 bridgehead atoms. The number of rotatable bonds is 5. The molecule has 1 N–H and O–H groups in total. The number of ether oxygens (including phenoxy) is 2. The summed E-state index contributed by atoms with van der Waals surface area (Å²) in [7, 11) is 1.50. The van der Waals surface area contributed by atoms with Gasteiger partial charge in [0, 0.05) is 32.9 Å². The van der Waals surface area contributed by atoms with Crippen LogP contribution in [0.25, 0.3) is 0 Å². The molecule has 1 fully saturated rings. The molecule has 104 valence electrons. The Morgan fingerprint density at radius 1 is 1.47 bits per heavy atom. The highest BCUT2D eigenvalue weighted by molar-refractivity contribution is 5.77. The highest BCUT2D eigenvalue weighted by atomic mass is 16.5. The van der Waals surface area contributed by atoms with Crippen LogP contribution in [0.3, 0.4) is 0 Å². The van der Waals surface area contributed by atoms with Crippen molar-refractivity contribution in [1.29, 1.82) is 0 Å². The van der Waals surface area contributed by atoms with Gasteiger partial charge in [0.1, 0.15) is 12.4 Å². The first-order valence-corrected chi connectivity index (χ1v) is 6.33. The van der Waals surface area contributed by atoms with Crippen molar-refractivity contribution >= 4 is 11.7 Å². The quantitative estimate of drug-likeness (QED) is 0.823. The number of morpholine rings is 1. The molecule has 0 aliphatic carbocycles. The molecule has 0 spiro atoms. The largest absolute Gasteiger partial charge is 0.378 e. The van der Waals surface area contributed by atoms with Crippen LogP contribution in [-0.2, 0) is 20.8 Å². The van der Waals surface area contributed by atoms with E-state index in [1.807, 2.05) is 12.1 Å². The summed E-state index contributed by atoms with van der Waals surface area (Å²) >= 11 is 0. The van der Waals surface area contributed by atoms with Crippen molar-refractivity contribution in [1.82, 2.24) is 10.3 Å². The molecule has 0 unspecified atom stereocenters. The number of hydrogen-bond donors (Lipinski definition) is 1. The summed E-state index contributed by atoms with van der Waals surface area (Å²) in [5.41, 5.74) is 0.974. The molecule has 2 heterocycles. The van der Waals surface area contributed by atoms with E-state index in [2.05, 4.69) is 15.2 Å². The van der Waals surface area contributed by atoms with Gasteiger partial charge in [-0.15, -0.1) is 0 Å². The lowest BCUT2D eigenvalue weighted by Crippen LogP contribution is -2.36. The lowest BCUT2D eigenvalue weighted by molar-refractivity contribution is -0.124. The van der Waals surface area contributed by atoms with Crippen LogP contribution in [0.2, 0.25) is 0 Å². The summed E-state index contributed by atoms with van der Waals surface area (Å²) in [6, 6.07) is 3.95. The van der Waals surface area contributed by atoms with Crippen molar-refractivity contribution in [2.45, 2.75) is 6.54 Å². The Kier molecular flexibility index (Phi) is 5.11. The molecule has 0 radical (unpaired) electrons. The summed E-state index contributed by atoms with van der Waals surface area (Å²) in [6.07, 6.45) is 1.79. The van der Waals surface area contributed by atoms with Gasteiger partial charge in [-0.1, -0.05) is 6.07 Å². The SMILES string of the molecule is COCC(=O)NCc1ccc(N2CCOCC2)nc1. The highest BCUT2D eigenvalue weighted by Crippen LogP contribution is 2.12. The molecule has 19 heavy (non-hydrogen) atoms. The second-order valence-electron chi connectivity index (χ2n) is 4.33. The summed E-state index contributed by atoms with van der Waals surface area (Å²) in [5, 5.41) is 2.76. The summed E-state index contributed by atoms with van der Waals surface area (Å²) in [6.45, 7) is 3.79. The average Bonchev–Trinajstić information content (AvgIpc) is 2.47. The molecule has 1 aromatic rings. The van der Waals surface area contributed by atoms with Crippen LogP contribution in [0.15, 0.2) is 18.3 Å². The number of carbonyl (C=O) groups is 1. The second kappa shape index (κ2) is 7.06. The van der Waals surface area contributed by atoms with Crippen molar-refractivity contribution in [3.05, 3.63) is 23.9 Å². The van der Waals surface area contributed by atoms with Gasteiger partial charge in [0.15, 0.2) is 0 Å². The highest BCUT2D eigenvalue weighted by Gasteiger charge is 2.11. The number of hydrogen-bond acceptors (Lipinski definition) is 5. The number of pyridine rings is 1. The second-order valence-corrected chi connectivity index (χ2v) is 4.33. The minimum atomic E-state index is -0.125. The normalized spacial score (nSPS) is 15.3. The van der Waals surface area contributed by atoms with Crippen molar-refractivity contribution in [3.8, 4) is 0 Å². The fourth-order valence-corrected chi connectivity index (χ4v) is 1.88. The van der Waals surface area contributed by atoms with Crippen LogP contribution in [0.1, 0.15) is 5.56 Å². The molecule has 1 aliphatic heterocycles. The number of amides is 1. The molecule has 1 aromatic heterocycles. The van der Waals surface area contributed by atoms with Gasteiger partial charge in [0.05, 0.1) is 13.2 Å². The Morgan fingerprint density at radius 2 is 2.26 bits per heavy atom. The molecule has 0 atom stereocenters. The number of nitrogens with one attached hydrogen (secondary N) is 1. The third kappa shape index (κ3) is 4.18. The minimum absolute atomic E-state index is 0.0826. The van der Waals surface area contributed by atoms with Crippen LogP contribution in [0, 0.1) is 0 Å². The predicted molar refractivity (Wildman–Crippen MR) is 71.0 cm³/mol. The monoisotopic (exact) mass is 265 g/mol. The Bertz CT molecular complexity index is 402. The van der Waals surface area contributed by atoms with Gasteiger partial charge >= 0.3 is 0 Å². The third-order valence-electron chi connectivity index (χ3n) is 2.91. The lowest BCUT2D eigenvalue weighted by atomic mass is 10.2. The molecule has 0 aromatic carbocycles. The zero-order valence-electron chi connectivity index (χ0n) is 11.1. The minimum Gasteiger partial charge on any atom is -0.378 e.